The minimum Gasteiger partial charge on any atom is -0.489 e. The molecular formula is C22H17BrClFN4O3. The van der Waals surface area contributed by atoms with E-state index in [4.69, 9.17) is 20.9 Å². The van der Waals surface area contributed by atoms with Crippen LogP contribution in [0, 0.1) is 12.7 Å². The molecule has 0 aliphatic rings. The second kappa shape index (κ2) is 9.54. The van der Waals surface area contributed by atoms with Crippen LogP contribution in [0.15, 0.2) is 63.7 Å². The van der Waals surface area contributed by atoms with Crippen molar-refractivity contribution in [2.24, 2.45) is 0 Å². The van der Waals surface area contributed by atoms with Crippen LogP contribution in [-0.2, 0) is 13.2 Å². The maximum Gasteiger partial charge on any atom is 0.279 e. The second-order valence-electron chi connectivity index (χ2n) is 6.88. The van der Waals surface area contributed by atoms with E-state index in [2.05, 4.69) is 31.5 Å². The lowest BCUT2D eigenvalue weighted by atomic mass is 10.2. The maximum atomic E-state index is 13.9. The first-order valence-electron chi connectivity index (χ1n) is 9.52. The molecule has 0 fully saturated rings. The van der Waals surface area contributed by atoms with Crippen LogP contribution >= 0.6 is 27.5 Å². The first kappa shape index (κ1) is 22.0. The molecule has 4 rings (SSSR count). The third kappa shape index (κ3) is 5.00. The lowest BCUT2D eigenvalue weighted by Crippen LogP contribution is -2.16. The quantitative estimate of drug-likeness (QED) is 0.343. The summed E-state index contributed by atoms with van der Waals surface area (Å²) in [4.78, 5) is 12.8. The number of nitrogens with one attached hydrogen (secondary N) is 1. The first-order chi connectivity index (χ1) is 15.4. The van der Waals surface area contributed by atoms with Gasteiger partial charge in [-0.1, -0.05) is 41.0 Å². The van der Waals surface area contributed by atoms with Gasteiger partial charge in [-0.2, -0.15) is 5.10 Å². The summed E-state index contributed by atoms with van der Waals surface area (Å²) in [5.41, 5.74) is 1.07. The zero-order valence-electron chi connectivity index (χ0n) is 16.8. The van der Waals surface area contributed by atoms with Gasteiger partial charge in [0.2, 0.25) is 0 Å². The number of anilines is 1. The Morgan fingerprint density at radius 3 is 2.88 bits per heavy atom. The zero-order chi connectivity index (χ0) is 22.7. The first-order valence-corrected chi connectivity index (χ1v) is 10.7. The number of hydrogen-bond acceptors (Lipinski definition) is 5. The predicted molar refractivity (Wildman–Crippen MR) is 120 cm³/mol. The van der Waals surface area contributed by atoms with E-state index in [9.17, 15) is 9.18 Å². The number of benzene rings is 2. The summed E-state index contributed by atoms with van der Waals surface area (Å²) >= 11 is 9.35. The van der Waals surface area contributed by atoms with Gasteiger partial charge in [-0.3, -0.25) is 9.48 Å². The summed E-state index contributed by atoms with van der Waals surface area (Å²) in [6.45, 7) is 1.98. The van der Waals surface area contributed by atoms with E-state index < -0.39 is 5.91 Å². The molecule has 0 saturated heterocycles. The van der Waals surface area contributed by atoms with Gasteiger partial charge in [-0.05, 0) is 47.1 Å². The molecule has 0 spiro atoms. The van der Waals surface area contributed by atoms with Crippen LogP contribution in [0.1, 0.15) is 27.4 Å². The predicted octanol–water partition coefficient (Wildman–Crippen LogP) is 5.61. The Morgan fingerprint density at radius 1 is 1.28 bits per heavy atom. The minimum absolute atomic E-state index is 0.0708. The molecule has 2 aromatic carbocycles. The summed E-state index contributed by atoms with van der Waals surface area (Å²) in [6.07, 6.45) is 1.65. The number of carbonyl (C=O) groups is 1. The van der Waals surface area contributed by atoms with Crippen molar-refractivity contribution in [3.63, 3.8) is 0 Å². The van der Waals surface area contributed by atoms with Crippen LogP contribution in [0.2, 0.25) is 5.02 Å². The van der Waals surface area contributed by atoms with Crippen molar-refractivity contribution in [2.75, 3.05) is 5.32 Å². The fourth-order valence-electron chi connectivity index (χ4n) is 2.98. The van der Waals surface area contributed by atoms with E-state index in [-0.39, 0.29) is 30.5 Å². The van der Waals surface area contributed by atoms with Crippen molar-refractivity contribution in [3.05, 3.63) is 92.6 Å². The topological polar surface area (TPSA) is 82.2 Å². The van der Waals surface area contributed by atoms with Crippen LogP contribution in [0.4, 0.5) is 10.2 Å². The molecule has 1 amide bonds. The molecule has 1 N–H and O–H groups in total. The summed E-state index contributed by atoms with van der Waals surface area (Å²) in [6, 6.07) is 13.4. The number of rotatable bonds is 7. The van der Waals surface area contributed by atoms with Gasteiger partial charge in [0.25, 0.3) is 5.91 Å². The highest BCUT2D eigenvalue weighted by Gasteiger charge is 2.22. The number of aromatic nitrogens is 3. The largest absolute Gasteiger partial charge is 0.489 e. The number of halogens is 3. The van der Waals surface area contributed by atoms with Gasteiger partial charge < -0.3 is 14.6 Å². The van der Waals surface area contributed by atoms with Gasteiger partial charge in [0.15, 0.2) is 11.5 Å². The average molecular weight is 520 g/mol. The van der Waals surface area contributed by atoms with Crippen LogP contribution in [0.5, 0.6) is 5.75 Å². The number of carbonyl (C=O) groups excluding carboxylic acids is 1. The fourth-order valence-corrected chi connectivity index (χ4v) is 3.58. The van der Waals surface area contributed by atoms with E-state index in [0.29, 0.717) is 32.1 Å². The minimum atomic E-state index is -0.511. The monoisotopic (exact) mass is 518 g/mol. The van der Waals surface area contributed by atoms with E-state index in [1.807, 2.05) is 0 Å². The van der Waals surface area contributed by atoms with Gasteiger partial charge in [-0.25, -0.2) is 4.39 Å². The Labute approximate surface area is 196 Å². The molecule has 0 aliphatic heterocycles. The van der Waals surface area contributed by atoms with Crippen LogP contribution in [0.25, 0.3) is 0 Å². The molecule has 0 radical (unpaired) electrons. The number of amides is 1. The van der Waals surface area contributed by atoms with Crippen molar-refractivity contribution in [1.29, 1.82) is 0 Å². The van der Waals surface area contributed by atoms with Crippen molar-refractivity contribution >= 4 is 39.3 Å². The van der Waals surface area contributed by atoms with Crippen LogP contribution in [-0.4, -0.2) is 20.8 Å². The third-order valence-corrected chi connectivity index (χ3v) is 5.43. The van der Waals surface area contributed by atoms with Crippen molar-refractivity contribution in [2.45, 2.75) is 20.1 Å². The van der Waals surface area contributed by atoms with Gasteiger partial charge >= 0.3 is 0 Å². The van der Waals surface area contributed by atoms with Gasteiger partial charge in [0.05, 0.1) is 16.6 Å². The number of nitrogens with zero attached hydrogens (tertiary/aromatic N) is 3. The average Bonchev–Trinajstić information content (AvgIpc) is 3.30. The molecule has 2 aromatic heterocycles. The van der Waals surface area contributed by atoms with E-state index >= 15 is 0 Å². The van der Waals surface area contributed by atoms with Gasteiger partial charge in [0.1, 0.15) is 23.9 Å². The highest BCUT2D eigenvalue weighted by Crippen LogP contribution is 2.24. The van der Waals surface area contributed by atoms with Crippen molar-refractivity contribution in [1.82, 2.24) is 14.9 Å². The Balaban J connectivity index is 1.48. The lowest BCUT2D eigenvalue weighted by molar-refractivity contribution is 0.101. The smallest absolute Gasteiger partial charge is 0.279 e. The number of hydrogen-bond donors (Lipinski definition) is 1. The van der Waals surface area contributed by atoms with E-state index in [1.54, 1.807) is 55.6 Å². The summed E-state index contributed by atoms with van der Waals surface area (Å²) < 4.78 is 26.9. The summed E-state index contributed by atoms with van der Waals surface area (Å²) in [7, 11) is 0. The standard InChI is InChI=1S/C22H17BrClFN4O3/c1-13-17(12-31-16-7-4-6-15(24)9-16)20(28-32-13)22(30)26-21-18(23)11-29(27-21)10-14-5-2-3-8-19(14)25/h2-9,11H,10,12H2,1H3,(H,26,27,30). The molecule has 0 atom stereocenters. The normalized spacial score (nSPS) is 10.9. The Kier molecular flexibility index (Phi) is 6.57. The zero-order valence-corrected chi connectivity index (χ0v) is 19.2. The van der Waals surface area contributed by atoms with E-state index in [0.717, 1.165) is 0 Å². The molecule has 4 aromatic rings. The number of aryl methyl sites for hydroxylation is 1. The van der Waals surface area contributed by atoms with Crippen LogP contribution < -0.4 is 10.1 Å². The van der Waals surface area contributed by atoms with Crippen molar-refractivity contribution < 1.29 is 18.4 Å². The maximum absolute atomic E-state index is 13.9. The Bertz CT molecular complexity index is 1270. The molecule has 10 heteroatoms. The SMILES string of the molecule is Cc1onc(C(=O)Nc2nn(Cc3ccccc3F)cc2Br)c1COc1cccc(Cl)c1. The van der Waals surface area contributed by atoms with Crippen LogP contribution in [0.3, 0.4) is 0 Å². The summed E-state index contributed by atoms with van der Waals surface area (Å²) in [5, 5.41) is 11.4. The molecule has 2 heterocycles. The van der Waals surface area contributed by atoms with Gasteiger partial charge in [0, 0.05) is 16.8 Å². The Hall–Kier alpha value is -3.17. The molecule has 0 aliphatic carbocycles. The second-order valence-corrected chi connectivity index (χ2v) is 8.17. The molecule has 32 heavy (non-hydrogen) atoms. The Morgan fingerprint density at radius 2 is 2.09 bits per heavy atom. The molecule has 164 valence electrons. The molecular weight excluding hydrogens is 503 g/mol. The third-order valence-electron chi connectivity index (χ3n) is 4.62. The highest BCUT2D eigenvalue weighted by molar-refractivity contribution is 9.10. The van der Waals surface area contributed by atoms with E-state index in [1.165, 1.54) is 10.7 Å². The molecule has 0 saturated carbocycles. The summed E-state index contributed by atoms with van der Waals surface area (Å²) in [5.74, 6) is 0.449. The van der Waals surface area contributed by atoms with Crippen molar-refractivity contribution in [3.8, 4) is 5.75 Å². The number of ether oxygens (including phenoxy) is 1. The highest BCUT2D eigenvalue weighted by atomic mass is 79.9. The lowest BCUT2D eigenvalue weighted by Gasteiger charge is -2.07. The molecule has 7 nitrogen and oxygen atoms in total. The fraction of sp³-hybridized carbons (Fsp3) is 0.136. The van der Waals surface area contributed by atoms with Gasteiger partial charge in [-0.15, -0.1) is 0 Å². The molecule has 0 unspecified atom stereocenters. The molecule has 0 bridgehead atoms.